The molecule has 2 amide bonds. The van der Waals surface area contributed by atoms with Crippen LogP contribution in [-0.4, -0.2) is 24.4 Å². The normalized spacial score (nSPS) is 11.9. The molecule has 1 rings (SSSR count). The third-order valence-corrected chi connectivity index (χ3v) is 3.47. The van der Waals surface area contributed by atoms with Gasteiger partial charge in [0.2, 0.25) is 5.91 Å². The van der Waals surface area contributed by atoms with Gasteiger partial charge in [-0.15, -0.1) is 6.58 Å². The van der Waals surface area contributed by atoms with Crippen LogP contribution in [0.1, 0.15) is 30.6 Å². The molecule has 0 aliphatic heterocycles. The van der Waals surface area contributed by atoms with Gasteiger partial charge in [-0.25, -0.2) is 0 Å². The summed E-state index contributed by atoms with van der Waals surface area (Å²) >= 11 is 11.8. The molecule has 0 saturated carbocycles. The third kappa shape index (κ3) is 5.70. The number of hydrogen-bond acceptors (Lipinski definition) is 2. The van der Waals surface area contributed by atoms with Crippen molar-refractivity contribution in [1.29, 1.82) is 0 Å². The summed E-state index contributed by atoms with van der Waals surface area (Å²) in [5, 5.41) is 6.11. The Morgan fingerprint density at radius 3 is 2.55 bits per heavy atom. The second-order valence-corrected chi connectivity index (χ2v) is 6.16. The van der Waals surface area contributed by atoms with E-state index in [1.54, 1.807) is 12.1 Å². The molecule has 120 valence electrons. The lowest BCUT2D eigenvalue weighted by Gasteiger charge is -2.20. The Bertz CT molecular complexity index is 559. The molecule has 0 aliphatic carbocycles. The summed E-state index contributed by atoms with van der Waals surface area (Å²) in [6.07, 6.45) is 2.11. The number of carbonyl (C=O) groups is 2. The molecule has 0 heterocycles. The molecule has 0 aromatic heterocycles. The average molecular weight is 343 g/mol. The molecular weight excluding hydrogens is 323 g/mol. The van der Waals surface area contributed by atoms with Gasteiger partial charge in [0, 0.05) is 11.6 Å². The van der Waals surface area contributed by atoms with Crippen molar-refractivity contribution in [3.63, 3.8) is 0 Å². The zero-order valence-corrected chi connectivity index (χ0v) is 14.2. The summed E-state index contributed by atoms with van der Waals surface area (Å²) < 4.78 is 0. The Morgan fingerprint density at radius 1 is 1.32 bits per heavy atom. The fourth-order valence-electron chi connectivity index (χ4n) is 1.91. The van der Waals surface area contributed by atoms with E-state index in [2.05, 4.69) is 17.2 Å². The zero-order chi connectivity index (χ0) is 16.7. The first-order chi connectivity index (χ1) is 10.3. The van der Waals surface area contributed by atoms with Crippen molar-refractivity contribution in [3.05, 3.63) is 46.5 Å². The van der Waals surface area contributed by atoms with E-state index < -0.39 is 11.9 Å². The molecule has 22 heavy (non-hydrogen) atoms. The predicted molar refractivity (Wildman–Crippen MR) is 90.4 cm³/mol. The predicted octanol–water partition coefficient (Wildman–Crippen LogP) is 3.44. The van der Waals surface area contributed by atoms with Gasteiger partial charge < -0.3 is 10.6 Å². The highest BCUT2D eigenvalue weighted by Crippen LogP contribution is 2.21. The standard InChI is InChI=1S/C16H20Cl2N2O2/c1-4-7-19-16(22)14(8-10(2)3)20-15(21)12-6-5-11(17)9-13(12)18/h4-6,9-10,14H,1,7-8H2,2-3H3,(H,19,22)(H,20,21)/t14-/m0/s1. The Labute approximate surface area is 140 Å². The minimum absolute atomic E-state index is 0.243. The minimum Gasteiger partial charge on any atom is -0.351 e. The molecule has 0 spiro atoms. The van der Waals surface area contributed by atoms with Gasteiger partial charge in [-0.1, -0.05) is 43.1 Å². The molecule has 6 heteroatoms. The molecule has 0 radical (unpaired) electrons. The fourth-order valence-corrected chi connectivity index (χ4v) is 2.40. The Kier molecular flexibility index (Phi) is 7.42. The van der Waals surface area contributed by atoms with E-state index in [1.165, 1.54) is 12.1 Å². The molecular formula is C16H20Cl2N2O2. The topological polar surface area (TPSA) is 58.2 Å². The van der Waals surface area contributed by atoms with Crippen molar-refractivity contribution >= 4 is 35.0 Å². The summed E-state index contributed by atoms with van der Waals surface area (Å²) in [6, 6.07) is 3.98. The number of carbonyl (C=O) groups excluding carboxylic acids is 2. The van der Waals surface area contributed by atoms with Gasteiger partial charge in [0.15, 0.2) is 0 Å². The monoisotopic (exact) mass is 342 g/mol. The van der Waals surface area contributed by atoms with Crippen LogP contribution in [0.4, 0.5) is 0 Å². The van der Waals surface area contributed by atoms with E-state index in [-0.39, 0.29) is 22.4 Å². The largest absolute Gasteiger partial charge is 0.351 e. The van der Waals surface area contributed by atoms with Gasteiger partial charge in [0.25, 0.3) is 5.91 Å². The van der Waals surface area contributed by atoms with Gasteiger partial charge in [0.1, 0.15) is 6.04 Å². The Morgan fingerprint density at radius 2 is 2.00 bits per heavy atom. The SMILES string of the molecule is C=CCNC(=O)[C@H](CC(C)C)NC(=O)c1ccc(Cl)cc1Cl. The lowest BCUT2D eigenvalue weighted by molar-refractivity contribution is -0.123. The molecule has 1 aromatic carbocycles. The van der Waals surface area contributed by atoms with Crippen LogP contribution in [0.15, 0.2) is 30.9 Å². The van der Waals surface area contributed by atoms with Gasteiger partial charge in [-0.3, -0.25) is 9.59 Å². The third-order valence-electron chi connectivity index (χ3n) is 2.93. The van der Waals surface area contributed by atoms with E-state index in [0.29, 0.717) is 18.0 Å². The van der Waals surface area contributed by atoms with E-state index in [1.807, 2.05) is 13.8 Å². The van der Waals surface area contributed by atoms with E-state index in [4.69, 9.17) is 23.2 Å². The Balaban J connectivity index is 2.85. The number of benzene rings is 1. The van der Waals surface area contributed by atoms with Crippen LogP contribution in [0.5, 0.6) is 0 Å². The van der Waals surface area contributed by atoms with Crippen LogP contribution < -0.4 is 10.6 Å². The molecule has 2 N–H and O–H groups in total. The molecule has 0 unspecified atom stereocenters. The van der Waals surface area contributed by atoms with Crippen molar-refractivity contribution in [3.8, 4) is 0 Å². The van der Waals surface area contributed by atoms with Crippen LogP contribution in [0.3, 0.4) is 0 Å². The van der Waals surface area contributed by atoms with Crippen molar-refractivity contribution in [2.24, 2.45) is 5.92 Å². The second kappa shape index (κ2) is 8.81. The lowest BCUT2D eigenvalue weighted by Crippen LogP contribution is -2.47. The van der Waals surface area contributed by atoms with Crippen LogP contribution in [0, 0.1) is 5.92 Å². The summed E-state index contributed by atoms with van der Waals surface area (Å²) in [6.45, 7) is 7.86. The van der Waals surface area contributed by atoms with Crippen LogP contribution in [0.25, 0.3) is 0 Å². The van der Waals surface area contributed by atoms with Gasteiger partial charge in [0.05, 0.1) is 10.6 Å². The quantitative estimate of drug-likeness (QED) is 0.745. The second-order valence-electron chi connectivity index (χ2n) is 5.31. The van der Waals surface area contributed by atoms with Gasteiger partial charge >= 0.3 is 0 Å². The fraction of sp³-hybridized carbons (Fsp3) is 0.375. The van der Waals surface area contributed by atoms with Crippen LogP contribution >= 0.6 is 23.2 Å². The van der Waals surface area contributed by atoms with Gasteiger partial charge in [-0.05, 0) is 30.5 Å². The first-order valence-corrected chi connectivity index (χ1v) is 7.75. The molecule has 0 bridgehead atoms. The minimum atomic E-state index is -0.626. The van der Waals surface area contributed by atoms with E-state index in [0.717, 1.165) is 0 Å². The first kappa shape index (κ1) is 18.5. The van der Waals surface area contributed by atoms with Crippen LogP contribution in [-0.2, 0) is 4.79 Å². The molecule has 4 nitrogen and oxygen atoms in total. The highest BCUT2D eigenvalue weighted by atomic mass is 35.5. The number of hydrogen-bond donors (Lipinski definition) is 2. The number of nitrogens with one attached hydrogen (secondary N) is 2. The highest BCUT2D eigenvalue weighted by molar-refractivity contribution is 6.36. The maximum absolute atomic E-state index is 12.3. The Hall–Kier alpha value is -1.52. The van der Waals surface area contributed by atoms with E-state index >= 15 is 0 Å². The van der Waals surface area contributed by atoms with Crippen molar-refractivity contribution < 1.29 is 9.59 Å². The number of halogens is 2. The van der Waals surface area contributed by atoms with Crippen molar-refractivity contribution in [2.75, 3.05) is 6.54 Å². The van der Waals surface area contributed by atoms with E-state index in [9.17, 15) is 9.59 Å². The lowest BCUT2D eigenvalue weighted by atomic mass is 10.0. The summed E-state index contributed by atoms with van der Waals surface area (Å²) in [4.78, 5) is 24.4. The molecule has 0 saturated heterocycles. The average Bonchev–Trinajstić information content (AvgIpc) is 2.43. The summed E-state index contributed by atoms with van der Waals surface area (Å²) in [5.41, 5.74) is 0.288. The number of amides is 2. The van der Waals surface area contributed by atoms with Gasteiger partial charge in [-0.2, -0.15) is 0 Å². The maximum Gasteiger partial charge on any atom is 0.253 e. The molecule has 0 aliphatic rings. The highest BCUT2D eigenvalue weighted by Gasteiger charge is 2.23. The molecule has 1 aromatic rings. The summed E-state index contributed by atoms with van der Waals surface area (Å²) in [7, 11) is 0. The molecule has 1 atom stereocenters. The first-order valence-electron chi connectivity index (χ1n) is 6.99. The van der Waals surface area contributed by atoms with Crippen molar-refractivity contribution in [1.82, 2.24) is 10.6 Å². The molecule has 0 fully saturated rings. The number of rotatable bonds is 7. The smallest absolute Gasteiger partial charge is 0.253 e. The zero-order valence-electron chi connectivity index (χ0n) is 12.7. The van der Waals surface area contributed by atoms with Crippen LogP contribution in [0.2, 0.25) is 10.0 Å². The summed E-state index contributed by atoms with van der Waals surface area (Å²) in [5.74, 6) is -0.395. The van der Waals surface area contributed by atoms with Crippen molar-refractivity contribution in [2.45, 2.75) is 26.3 Å². The maximum atomic E-state index is 12.3.